The molecule has 0 saturated carbocycles. The molecule has 0 bridgehead atoms. The number of hydrogen-bond donors (Lipinski definition) is 1. The first-order valence-electron chi connectivity index (χ1n) is 9.59. The van der Waals surface area contributed by atoms with Gasteiger partial charge in [0.25, 0.3) is 5.56 Å². The van der Waals surface area contributed by atoms with Crippen molar-refractivity contribution in [2.45, 2.75) is 45.6 Å². The van der Waals surface area contributed by atoms with E-state index in [1.54, 1.807) is 0 Å². The minimum absolute atomic E-state index is 0.118. The van der Waals surface area contributed by atoms with E-state index in [4.69, 9.17) is 0 Å². The van der Waals surface area contributed by atoms with Crippen molar-refractivity contribution in [2.24, 2.45) is 7.05 Å². The standard InChI is InChI=1S/C21H26N4O/c1-3-12-22-13-15-8-10-16(11-9-15)25-20-19(14-23-24(20)2)17-6-4-5-7-18(17)21(25)26/h8-11,14,22H,3-7,12-13H2,1-2H3. The van der Waals surface area contributed by atoms with Crippen LogP contribution in [0.15, 0.2) is 35.3 Å². The Morgan fingerprint density at radius 3 is 2.58 bits per heavy atom. The predicted octanol–water partition coefficient (Wildman–Crippen LogP) is 3.10. The third kappa shape index (κ3) is 2.86. The second-order valence-corrected chi connectivity index (χ2v) is 7.15. The molecule has 5 nitrogen and oxygen atoms in total. The van der Waals surface area contributed by atoms with Gasteiger partial charge in [0.15, 0.2) is 0 Å². The summed E-state index contributed by atoms with van der Waals surface area (Å²) in [6.45, 7) is 4.04. The highest BCUT2D eigenvalue weighted by Gasteiger charge is 2.22. The molecule has 1 N–H and O–H groups in total. The molecule has 2 heterocycles. The van der Waals surface area contributed by atoms with Crippen molar-refractivity contribution < 1.29 is 0 Å². The Hall–Kier alpha value is -2.40. The zero-order chi connectivity index (χ0) is 18.1. The number of nitrogens with one attached hydrogen (secondary N) is 1. The second kappa shape index (κ2) is 7.08. The number of aryl methyl sites for hydroxylation is 2. The van der Waals surface area contributed by atoms with Crippen molar-refractivity contribution in [3.8, 4) is 5.69 Å². The summed E-state index contributed by atoms with van der Waals surface area (Å²) in [5.74, 6) is 0. The quantitative estimate of drug-likeness (QED) is 0.720. The van der Waals surface area contributed by atoms with E-state index in [1.807, 2.05) is 34.6 Å². The first-order valence-corrected chi connectivity index (χ1v) is 9.59. The summed E-state index contributed by atoms with van der Waals surface area (Å²) in [6, 6.07) is 8.30. The first-order chi connectivity index (χ1) is 12.7. The lowest BCUT2D eigenvalue weighted by Gasteiger charge is -2.19. The van der Waals surface area contributed by atoms with Crippen LogP contribution in [0, 0.1) is 0 Å². The summed E-state index contributed by atoms with van der Waals surface area (Å²) >= 11 is 0. The van der Waals surface area contributed by atoms with Crippen LogP contribution in [0.1, 0.15) is 42.9 Å². The van der Waals surface area contributed by atoms with Crippen molar-refractivity contribution in [2.75, 3.05) is 6.54 Å². The molecular formula is C21H26N4O. The number of fused-ring (bicyclic) bond motifs is 3. The zero-order valence-electron chi connectivity index (χ0n) is 15.6. The van der Waals surface area contributed by atoms with Gasteiger partial charge in [0.1, 0.15) is 5.65 Å². The van der Waals surface area contributed by atoms with Crippen LogP contribution < -0.4 is 10.9 Å². The first kappa shape index (κ1) is 17.0. The third-order valence-corrected chi connectivity index (χ3v) is 5.32. The molecule has 0 fully saturated rings. The largest absolute Gasteiger partial charge is 0.313 e. The van der Waals surface area contributed by atoms with Gasteiger partial charge in [-0.15, -0.1) is 0 Å². The van der Waals surface area contributed by atoms with Gasteiger partial charge >= 0.3 is 0 Å². The molecule has 0 saturated heterocycles. The van der Waals surface area contributed by atoms with Crippen molar-refractivity contribution in [3.63, 3.8) is 0 Å². The van der Waals surface area contributed by atoms with E-state index < -0.39 is 0 Å². The molecule has 5 heteroatoms. The van der Waals surface area contributed by atoms with E-state index in [9.17, 15) is 4.79 Å². The molecule has 136 valence electrons. The van der Waals surface area contributed by atoms with Gasteiger partial charge in [-0.2, -0.15) is 5.10 Å². The monoisotopic (exact) mass is 350 g/mol. The molecule has 3 aromatic rings. The maximum atomic E-state index is 13.3. The summed E-state index contributed by atoms with van der Waals surface area (Å²) in [5, 5.41) is 8.98. The van der Waals surface area contributed by atoms with E-state index in [1.165, 1.54) is 11.1 Å². The number of aromatic nitrogens is 3. The second-order valence-electron chi connectivity index (χ2n) is 7.15. The van der Waals surface area contributed by atoms with Gasteiger partial charge in [-0.1, -0.05) is 19.1 Å². The van der Waals surface area contributed by atoms with Crippen molar-refractivity contribution in [1.29, 1.82) is 0 Å². The lowest BCUT2D eigenvalue weighted by Crippen LogP contribution is -2.27. The lowest BCUT2D eigenvalue weighted by atomic mass is 9.91. The molecule has 0 atom stereocenters. The Bertz CT molecular complexity index is 982. The molecule has 0 radical (unpaired) electrons. The third-order valence-electron chi connectivity index (χ3n) is 5.32. The molecule has 4 rings (SSSR count). The molecule has 0 amide bonds. The van der Waals surface area contributed by atoms with Gasteiger partial charge in [-0.3, -0.25) is 14.0 Å². The maximum Gasteiger partial charge on any atom is 0.260 e. The van der Waals surface area contributed by atoms with Crippen LogP contribution in [0.4, 0.5) is 0 Å². The Balaban J connectivity index is 1.82. The van der Waals surface area contributed by atoms with Crippen molar-refractivity contribution >= 4 is 11.0 Å². The van der Waals surface area contributed by atoms with Crippen molar-refractivity contribution in [1.82, 2.24) is 19.7 Å². The topological polar surface area (TPSA) is 51.9 Å². The van der Waals surface area contributed by atoms with Gasteiger partial charge in [-0.25, -0.2) is 0 Å². The Morgan fingerprint density at radius 2 is 1.85 bits per heavy atom. The Labute approximate surface area is 153 Å². The summed E-state index contributed by atoms with van der Waals surface area (Å²) in [5.41, 5.74) is 5.34. The molecule has 0 spiro atoms. The van der Waals surface area contributed by atoms with Gasteiger partial charge in [-0.05, 0) is 61.9 Å². The minimum Gasteiger partial charge on any atom is -0.313 e. The predicted molar refractivity (Wildman–Crippen MR) is 105 cm³/mol. The van der Waals surface area contributed by atoms with E-state index in [0.29, 0.717) is 0 Å². The molecule has 1 aliphatic carbocycles. The van der Waals surface area contributed by atoms with Crippen LogP contribution in [0.2, 0.25) is 0 Å². The van der Waals surface area contributed by atoms with Crippen LogP contribution in [0.25, 0.3) is 16.7 Å². The zero-order valence-corrected chi connectivity index (χ0v) is 15.6. The number of nitrogens with zero attached hydrogens (tertiary/aromatic N) is 3. The average molecular weight is 350 g/mol. The lowest BCUT2D eigenvalue weighted by molar-refractivity contribution is 0.673. The molecule has 1 aliphatic rings. The summed E-state index contributed by atoms with van der Waals surface area (Å²) < 4.78 is 3.66. The Kier molecular flexibility index (Phi) is 4.64. The van der Waals surface area contributed by atoms with Gasteiger partial charge in [0, 0.05) is 24.5 Å². The van der Waals surface area contributed by atoms with Crippen LogP contribution in [0.5, 0.6) is 0 Å². The summed E-state index contributed by atoms with van der Waals surface area (Å²) in [7, 11) is 1.91. The number of hydrogen-bond acceptors (Lipinski definition) is 3. The highest BCUT2D eigenvalue weighted by molar-refractivity contribution is 5.82. The van der Waals surface area contributed by atoms with Gasteiger partial charge in [0.05, 0.1) is 11.9 Å². The van der Waals surface area contributed by atoms with E-state index >= 15 is 0 Å². The van der Waals surface area contributed by atoms with Crippen LogP contribution in [-0.4, -0.2) is 20.9 Å². The van der Waals surface area contributed by atoms with E-state index in [2.05, 4.69) is 29.5 Å². The fourth-order valence-corrected chi connectivity index (χ4v) is 3.99. The Morgan fingerprint density at radius 1 is 1.12 bits per heavy atom. The molecular weight excluding hydrogens is 324 g/mol. The van der Waals surface area contributed by atoms with Crippen LogP contribution in [-0.2, 0) is 26.4 Å². The summed E-state index contributed by atoms with van der Waals surface area (Å²) in [6.07, 6.45) is 7.14. The molecule has 1 aromatic carbocycles. The smallest absolute Gasteiger partial charge is 0.260 e. The summed E-state index contributed by atoms with van der Waals surface area (Å²) in [4.78, 5) is 13.3. The molecule has 0 aliphatic heterocycles. The normalized spacial score (nSPS) is 13.9. The maximum absolute atomic E-state index is 13.3. The highest BCUT2D eigenvalue weighted by atomic mass is 16.1. The number of pyridine rings is 1. The van der Waals surface area contributed by atoms with E-state index in [0.717, 1.165) is 67.5 Å². The fraction of sp³-hybridized carbons (Fsp3) is 0.429. The number of rotatable bonds is 5. The van der Waals surface area contributed by atoms with Crippen molar-refractivity contribution in [3.05, 3.63) is 57.5 Å². The van der Waals surface area contributed by atoms with E-state index in [-0.39, 0.29) is 5.56 Å². The number of benzene rings is 1. The average Bonchev–Trinajstić information content (AvgIpc) is 3.05. The SMILES string of the molecule is CCCNCc1ccc(-n2c(=O)c3c(c4cnn(C)c42)CCCC3)cc1. The van der Waals surface area contributed by atoms with Gasteiger partial charge < -0.3 is 5.32 Å². The minimum atomic E-state index is 0.118. The molecule has 26 heavy (non-hydrogen) atoms. The van der Waals surface area contributed by atoms with Crippen LogP contribution >= 0.6 is 0 Å². The fourth-order valence-electron chi connectivity index (χ4n) is 3.99. The highest BCUT2D eigenvalue weighted by Crippen LogP contribution is 2.27. The molecule has 2 aromatic heterocycles. The van der Waals surface area contributed by atoms with Crippen LogP contribution in [0.3, 0.4) is 0 Å². The molecule has 0 unspecified atom stereocenters. The van der Waals surface area contributed by atoms with Gasteiger partial charge in [0.2, 0.25) is 0 Å².